The number of benzene rings is 1. The summed E-state index contributed by atoms with van der Waals surface area (Å²) in [7, 11) is 0. The normalized spacial score (nSPS) is 12.9. The quantitative estimate of drug-likeness (QED) is 0.453. The predicted molar refractivity (Wildman–Crippen MR) is 93.4 cm³/mol. The Bertz CT molecular complexity index is 947. The monoisotopic (exact) mass is 389 g/mol. The fraction of sp³-hybridized carbons (Fsp3) is 0.188. The summed E-state index contributed by atoms with van der Waals surface area (Å²) < 4.78 is 0. The van der Waals surface area contributed by atoms with Crippen LogP contribution in [0.2, 0.25) is 5.15 Å². The predicted octanol–water partition coefficient (Wildman–Crippen LogP) is 2.05. The van der Waals surface area contributed by atoms with Gasteiger partial charge in [-0.2, -0.15) is 0 Å². The Labute approximate surface area is 157 Å². The molecule has 27 heavy (non-hydrogen) atoms. The van der Waals surface area contributed by atoms with Crippen LogP contribution in [0.4, 0.5) is 11.5 Å². The third-order valence-corrected chi connectivity index (χ3v) is 4.05. The van der Waals surface area contributed by atoms with E-state index in [1.165, 1.54) is 24.3 Å². The van der Waals surface area contributed by atoms with Gasteiger partial charge in [0.05, 0.1) is 16.1 Å². The molecule has 2 aromatic rings. The molecule has 1 aliphatic heterocycles. The van der Waals surface area contributed by atoms with Crippen molar-refractivity contribution in [1.29, 1.82) is 0 Å². The Hall–Kier alpha value is -3.40. The summed E-state index contributed by atoms with van der Waals surface area (Å²) >= 11 is 5.60. The third-order valence-electron chi connectivity index (χ3n) is 3.85. The molecule has 11 heteroatoms. The number of aromatic nitrogens is 2. The lowest BCUT2D eigenvalue weighted by atomic mass is 10.1. The molecule has 0 bridgehead atoms. The van der Waals surface area contributed by atoms with E-state index in [9.17, 15) is 24.5 Å². The highest BCUT2D eigenvalue weighted by Gasteiger charge is 2.36. The van der Waals surface area contributed by atoms with Gasteiger partial charge in [-0.05, 0) is 24.6 Å². The summed E-state index contributed by atoms with van der Waals surface area (Å²) in [6.07, 6.45) is 0.262. The molecule has 10 nitrogen and oxygen atoms in total. The standard InChI is InChI=1S/C16H12ClN5O5/c17-12-5-6-13(20-19-12)18-14(23)2-1-7-21-15(24)10-4-3-9(22(26)27)8-11(10)16(21)25/h3-6,8H,1-2,7H2,(H,18,20,23). The second-order valence-electron chi connectivity index (χ2n) is 5.64. The number of amides is 3. The van der Waals surface area contributed by atoms with Crippen molar-refractivity contribution < 1.29 is 19.3 Å². The van der Waals surface area contributed by atoms with Crippen LogP contribution in [0.5, 0.6) is 0 Å². The minimum Gasteiger partial charge on any atom is -0.309 e. The summed E-state index contributed by atoms with van der Waals surface area (Å²) in [4.78, 5) is 47.7. The van der Waals surface area contributed by atoms with Gasteiger partial charge >= 0.3 is 0 Å². The number of halogens is 1. The van der Waals surface area contributed by atoms with E-state index in [1.54, 1.807) is 0 Å². The molecule has 0 atom stereocenters. The van der Waals surface area contributed by atoms with Gasteiger partial charge in [0, 0.05) is 25.1 Å². The van der Waals surface area contributed by atoms with Gasteiger partial charge in [0.2, 0.25) is 5.91 Å². The number of carbonyl (C=O) groups is 3. The molecule has 0 radical (unpaired) electrons. The van der Waals surface area contributed by atoms with Crippen molar-refractivity contribution in [3.63, 3.8) is 0 Å². The number of nitrogens with zero attached hydrogens (tertiary/aromatic N) is 4. The molecule has 3 amide bonds. The highest BCUT2D eigenvalue weighted by molar-refractivity contribution is 6.29. The zero-order valence-electron chi connectivity index (χ0n) is 13.7. The minimum atomic E-state index is -0.634. The molecule has 1 aromatic carbocycles. The molecule has 0 saturated carbocycles. The van der Waals surface area contributed by atoms with Crippen LogP contribution in [-0.4, -0.2) is 44.3 Å². The lowest BCUT2D eigenvalue weighted by Gasteiger charge is -2.13. The van der Waals surface area contributed by atoms with Gasteiger partial charge in [0.25, 0.3) is 17.5 Å². The lowest BCUT2D eigenvalue weighted by Crippen LogP contribution is -2.31. The first-order valence-electron chi connectivity index (χ1n) is 7.80. The van der Waals surface area contributed by atoms with Crippen LogP contribution < -0.4 is 5.32 Å². The molecule has 0 fully saturated rings. The summed E-state index contributed by atoms with van der Waals surface area (Å²) in [5.41, 5.74) is -0.151. The largest absolute Gasteiger partial charge is 0.309 e. The van der Waals surface area contributed by atoms with E-state index in [0.717, 1.165) is 11.0 Å². The maximum atomic E-state index is 12.3. The topological polar surface area (TPSA) is 135 Å². The first kappa shape index (κ1) is 18.4. The van der Waals surface area contributed by atoms with Gasteiger partial charge < -0.3 is 5.32 Å². The Morgan fingerprint density at radius 2 is 1.89 bits per heavy atom. The summed E-state index contributed by atoms with van der Waals surface area (Å²) in [6.45, 7) is 0.0138. The molecular weight excluding hydrogens is 378 g/mol. The molecule has 2 heterocycles. The average molecular weight is 390 g/mol. The highest BCUT2D eigenvalue weighted by atomic mass is 35.5. The number of non-ortho nitro benzene ring substituents is 1. The van der Waals surface area contributed by atoms with E-state index in [1.807, 2.05) is 0 Å². The van der Waals surface area contributed by atoms with E-state index in [2.05, 4.69) is 15.5 Å². The number of anilines is 1. The van der Waals surface area contributed by atoms with Gasteiger partial charge in [0.15, 0.2) is 11.0 Å². The Morgan fingerprint density at radius 3 is 2.56 bits per heavy atom. The van der Waals surface area contributed by atoms with Crippen molar-refractivity contribution in [1.82, 2.24) is 15.1 Å². The number of hydrogen-bond donors (Lipinski definition) is 1. The fourth-order valence-corrected chi connectivity index (χ4v) is 2.68. The van der Waals surface area contributed by atoms with E-state index < -0.39 is 16.7 Å². The van der Waals surface area contributed by atoms with Crippen LogP contribution in [0.15, 0.2) is 30.3 Å². The van der Waals surface area contributed by atoms with Gasteiger partial charge in [0.1, 0.15) is 0 Å². The van der Waals surface area contributed by atoms with Crippen molar-refractivity contribution in [2.45, 2.75) is 12.8 Å². The third kappa shape index (κ3) is 3.90. The zero-order valence-corrected chi connectivity index (χ0v) is 14.5. The van der Waals surface area contributed by atoms with Crippen LogP contribution >= 0.6 is 11.6 Å². The molecule has 0 aliphatic carbocycles. The van der Waals surface area contributed by atoms with E-state index in [-0.39, 0.29) is 53.1 Å². The number of fused-ring (bicyclic) bond motifs is 1. The molecule has 3 rings (SSSR count). The number of nitro benzene ring substituents is 1. The van der Waals surface area contributed by atoms with Crippen LogP contribution in [0, 0.1) is 10.1 Å². The van der Waals surface area contributed by atoms with Gasteiger partial charge in [-0.3, -0.25) is 29.4 Å². The van der Waals surface area contributed by atoms with E-state index in [4.69, 9.17) is 11.6 Å². The Morgan fingerprint density at radius 1 is 1.15 bits per heavy atom. The second kappa shape index (κ2) is 7.46. The molecule has 0 saturated heterocycles. The highest BCUT2D eigenvalue weighted by Crippen LogP contribution is 2.27. The molecule has 0 spiro atoms. The van der Waals surface area contributed by atoms with E-state index in [0.29, 0.717) is 0 Å². The Balaban J connectivity index is 1.57. The van der Waals surface area contributed by atoms with Crippen LogP contribution in [-0.2, 0) is 4.79 Å². The number of carbonyl (C=O) groups excluding carboxylic acids is 3. The molecule has 1 N–H and O–H groups in total. The van der Waals surface area contributed by atoms with Crippen LogP contribution in [0.3, 0.4) is 0 Å². The number of nitrogens with one attached hydrogen (secondary N) is 1. The van der Waals surface area contributed by atoms with Crippen molar-refractivity contribution in [2.75, 3.05) is 11.9 Å². The average Bonchev–Trinajstić information content (AvgIpc) is 2.88. The molecular formula is C16H12ClN5O5. The van der Waals surface area contributed by atoms with Gasteiger partial charge in [-0.1, -0.05) is 11.6 Å². The molecule has 138 valence electrons. The van der Waals surface area contributed by atoms with Crippen molar-refractivity contribution >= 4 is 40.8 Å². The summed E-state index contributed by atoms with van der Waals surface area (Å²) in [5, 5.41) is 20.8. The fourth-order valence-electron chi connectivity index (χ4n) is 2.58. The van der Waals surface area contributed by atoms with Crippen molar-refractivity contribution in [3.8, 4) is 0 Å². The molecule has 0 unspecified atom stereocenters. The number of nitro groups is 1. The molecule has 1 aliphatic rings. The minimum absolute atomic E-state index is 0.00455. The van der Waals surface area contributed by atoms with Crippen LogP contribution in [0.1, 0.15) is 33.6 Å². The maximum absolute atomic E-state index is 12.3. The van der Waals surface area contributed by atoms with E-state index >= 15 is 0 Å². The summed E-state index contributed by atoms with van der Waals surface area (Å²) in [5.74, 6) is -1.27. The zero-order chi connectivity index (χ0) is 19.6. The SMILES string of the molecule is O=C(CCCN1C(=O)c2ccc([N+](=O)[O-])cc2C1=O)Nc1ccc(Cl)nn1. The summed E-state index contributed by atoms with van der Waals surface area (Å²) in [6, 6.07) is 6.49. The number of imide groups is 1. The Kier molecular flexibility index (Phi) is 5.08. The van der Waals surface area contributed by atoms with Crippen molar-refractivity contribution in [2.24, 2.45) is 0 Å². The first-order chi connectivity index (χ1) is 12.9. The van der Waals surface area contributed by atoms with Gasteiger partial charge in [-0.15, -0.1) is 10.2 Å². The molecule has 1 aromatic heterocycles. The first-order valence-corrected chi connectivity index (χ1v) is 8.18. The smallest absolute Gasteiger partial charge is 0.270 e. The number of hydrogen-bond acceptors (Lipinski definition) is 7. The van der Waals surface area contributed by atoms with Crippen LogP contribution in [0.25, 0.3) is 0 Å². The lowest BCUT2D eigenvalue weighted by molar-refractivity contribution is -0.384. The maximum Gasteiger partial charge on any atom is 0.270 e. The van der Waals surface area contributed by atoms with Crippen molar-refractivity contribution in [3.05, 3.63) is 56.7 Å². The second-order valence-corrected chi connectivity index (χ2v) is 6.03. The number of rotatable bonds is 6. The van der Waals surface area contributed by atoms with Gasteiger partial charge in [-0.25, -0.2) is 0 Å².